The number of amides is 2. The molecule has 0 radical (unpaired) electrons. The van der Waals surface area contributed by atoms with Gasteiger partial charge in [-0.2, -0.15) is 9.97 Å². The average Bonchev–Trinajstić information content (AvgIpc) is 3.25. The summed E-state index contributed by atoms with van der Waals surface area (Å²) in [7, 11) is 3.57. The van der Waals surface area contributed by atoms with Crippen molar-refractivity contribution in [3.63, 3.8) is 0 Å². The van der Waals surface area contributed by atoms with Gasteiger partial charge in [0.2, 0.25) is 11.9 Å². The number of carboxylic acid groups (broad SMARTS) is 4. The van der Waals surface area contributed by atoms with E-state index in [1.54, 1.807) is 38.4 Å². The molecule has 0 fully saturated rings. The fourth-order valence-electron chi connectivity index (χ4n) is 6.83. The third kappa shape index (κ3) is 14.0. The standard InChI is InChI=1S/2C20H25N7O6.Zn/c2*1-27-12(9-23-16-15(27)18(31)26-20(21)25-16)8-22-11-4-2-10(3-5-11)17(30)24-13(19(32)33)6-7-14(28)29;/h2*2-5,12-13,22H,6-9H2,1H3,(H,24,30)(H,28,29)(H,32,33)(H4,21,23,25,26,31);/q;;+2/p-2/t2*12-,13?;/m00./s1. The number of hydrogen-bond acceptors (Lipinski definition) is 20. The van der Waals surface area contributed by atoms with Crippen LogP contribution in [0.5, 0.6) is 0 Å². The fourth-order valence-corrected chi connectivity index (χ4v) is 6.83. The molecule has 0 aliphatic carbocycles. The Morgan fingerprint density at radius 1 is 0.672 bits per heavy atom. The van der Waals surface area contributed by atoms with Crippen LogP contribution in [0.25, 0.3) is 0 Å². The van der Waals surface area contributed by atoms with Crippen molar-refractivity contribution in [2.45, 2.75) is 49.9 Å². The van der Waals surface area contributed by atoms with Crippen molar-refractivity contribution in [2.24, 2.45) is 0 Å². The van der Waals surface area contributed by atoms with Crippen molar-refractivity contribution >= 4 is 82.0 Å². The van der Waals surface area contributed by atoms with Gasteiger partial charge in [-0.25, -0.2) is 9.59 Å². The molecule has 2 aromatic carbocycles. The molecule has 26 nitrogen and oxygen atoms in total. The van der Waals surface area contributed by atoms with Gasteiger partial charge in [0.15, 0.2) is 11.6 Å². The SMILES string of the molecule is CN1c2c(nc(N)[nH]c2=O)NC[C@@H]1CNc1ccc(C(=O)NC(CCC(=O)[O-])C(=O)O)cc1.CN1c2c(nc(N)[nH]c2=O)NC[C@@H]1CNc1ccc(C(=O)NC(CCC(=O)[O-])C(=O)O)cc1.[Zn+2]. The van der Waals surface area contributed by atoms with Crippen LogP contribution < -0.4 is 74.5 Å². The molecule has 2 unspecified atom stereocenters. The molecular formula is C40H48N14O12Zn. The zero-order valence-corrected chi connectivity index (χ0v) is 39.2. The number of aromatic nitrogens is 4. The molecular weight excluding hydrogens is 934 g/mol. The molecule has 2 amide bonds. The summed E-state index contributed by atoms with van der Waals surface area (Å²) in [6.07, 6.45) is -1.52. The minimum Gasteiger partial charge on any atom is -0.550 e. The molecule has 6 rings (SSSR count). The van der Waals surface area contributed by atoms with Gasteiger partial charge in [0.25, 0.3) is 22.9 Å². The zero-order valence-electron chi connectivity index (χ0n) is 36.2. The summed E-state index contributed by atoms with van der Waals surface area (Å²) in [6, 6.07) is 9.88. The molecule has 67 heavy (non-hydrogen) atoms. The number of anilines is 8. The van der Waals surface area contributed by atoms with E-state index >= 15 is 0 Å². The summed E-state index contributed by atoms with van der Waals surface area (Å²) < 4.78 is 0. The summed E-state index contributed by atoms with van der Waals surface area (Å²) in [5.41, 5.74) is 13.1. The second-order valence-electron chi connectivity index (χ2n) is 15.1. The minimum absolute atomic E-state index is 0. The van der Waals surface area contributed by atoms with Crippen molar-refractivity contribution in [1.29, 1.82) is 0 Å². The molecule has 4 atom stereocenters. The van der Waals surface area contributed by atoms with Crippen molar-refractivity contribution < 1.29 is 68.7 Å². The van der Waals surface area contributed by atoms with Crippen LogP contribution in [0.15, 0.2) is 58.1 Å². The molecule has 14 N–H and O–H groups in total. The first-order chi connectivity index (χ1) is 31.3. The van der Waals surface area contributed by atoms with E-state index in [2.05, 4.69) is 51.8 Å². The zero-order chi connectivity index (χ0) is 48.2. The number of likely N-dealkylation sites (N-methyl/N-ethyl adjacent to an activating group) is 2. The van der Waals surface area contributed by atoms with Crippen molar-refractivity contribution in [3.05, 3.63) is 80.4 Å². The predicted octanol–water partition coefficient (Wildman–Crippen LogP) is -3.19. The Bertz CT molecular complexity index is 2380. The van der Waals surface area contributed by atoms with Crippen molar-refractivity contribution in [3.8, 4) is 0 Å². The van der Waals surface area contributed by atoms with E-state index in [1.807, 2.05) is 9.80 Å². The number of nitrogens with two attached hydrogens (primary N) is 2. The number of nitrogen functional groups attached to an aromatic ring is 2. The van der Waals surface area contributed by atoms with E-state index in [4.69, 9.17) is 21.7 Å². The molecule has 0 bridgehead atoms. The molecule has 2 aromatic heterocycles. The molecule has 0 spiro atoms. The first-order valence-corrected chi connectivity index (χ1v) is 20.2. The Hall–Kier alpha value is -7.96. The van der Waals surface area contributed by atoms with Crippen LogP contribution in [0.3, 0.4) is 0 Å². The third-order valence-electron chi connectivity index (χ3n) is 10.5. The van der Waals surface area contributed by atoms with Crippen LogP contribution in [0.1, 0.15) is 46.4 Å². The van der Waals surface area contributed by atoms with Gasteiger partial charge in [-0.1, -0.05) is 0 Å². The van der Waals surface area contributed by atoms with Gasteiger partial charge >= 0.3 is 31.4 Å². The quantitative estimate of drug-likeness (QED) is 0.0437. The summed E-state index contributed by atoms with van der Waals surface area (Å²) in [5.74, 6) is -5.79. The minimum atomic E-state index is -1.39. The normalized spacial score (nSPS) is 15.4. The van der Waals surface area contributed by atoms with Crippen LogP contribution in [-0.2, 0) is 38.7 Å². The molecule has 2 aliphatic rings. The molecule has 27 heteroatoms. The Labute approximate surface area is 393 Å². The number of aromatic amines is 2. The molecule has 2 aliphatic heterocycles. The summed E-state index contributed by atoms with van der Waals surface area (Å²) >= 11 is 0. The smallest absolute Gasteiger partial charge is 0.550 e. The number of hydrogen-bond donors (Lipinski definition) is 12. The van der Waals surface area contributed by atoms with Gasteiger partial charge < -0.3 is 83.2 Å². The maximum atomic E-state index is 12.3. The number of carbonyl (C=O) groups is 6. The average molecular weight is 982 g/mol. The first-order valence-electron chi connectivity index (χ1n) is 20.2. The van der Waals surface area contributed by atoms with Gasteiger partial charge in [0.1, 0.15) is 23.5 Å². The Kier molecular flexibility index (Phi) is 18.0. The van der Waals surface area contributed by atoms with E-state index in [0.29, 0.717) is 60.6 Å². The van der Waals surface area contributed by atoms with Crippen LogP contribution >= 0.6 is 0 Å². The number of rotatable bonds is 18. The van der Waals surface area contributed by atoms with Crippen LogP contribution in [-0.4, -0.2) is 130 Å². The Balaban J connectivity index is 0.000000288. The molecule has 4 heterocycles. The third-order valence-corrected chi connectivity index (χ3v) is 10.5. The summed E-state index contributed by atoms with van der Waals surface area (Å²) in [4.78, 5) is 109. The van der Waals surface area contributed by atoms with E-state index in [9.17, 15) is 48.6 Å². The second-order valence-corrected chi connectivity index (χ2v) is 15.1. The summed E-state index contributed by atoms with van der Waals surface area (Å²) in [6.45, 7) is 2.00. The number of nitrogens with one attached hydrogen (secondary N) is 8. The monoisotopic (exact) mass is 980 g/mol. The van der Waals surface area contributed by atoms with Gasteiger partial charge in [0, 0.05) is 74.7 Å². The number of carbonyl (C=O) groups excluding carboxylic acids is 4. The Morgan fingerprint density at radius 3 is 1.33 bits per heavy atom. The van der Waals surface area contributed by atoms with Crippen LogP contribution in [0, 0.1) is 0 Å². The van der Waals surface area contributed by atoms with E-state index < -0.39 is 60.6 Å². The second kappa shape index (κ2) is 23.3. The largest absolute Gasteiger partial charge is 2.00 e. The fraction of sp³-hybridized carbons (Fsp3) is 0.350. The number of fused-ring (bicyclic) bond motifs is 2. The molecule has 0 saturated heterocycles. The first kappa shape index (κ1) is 51.7. The van der Waals surface area contributed by atoms with Gasteiger partial charge in [-0.05, 0) is 74.2 Å². The summed E-state index contributed by atoms with van der Waals surface area (Å²) in [5, 5.41) is 56.7. The van der Waals surface area contributed by atoms with Crippen LogP contribution in [0.4, 0.5) is 46.3 Å². The number of aliphatic carboxylic acids is 4. The van der Waals surface area contributed by atoms with E-state index in [0.717, 1.165) is 0 Å². The number of benzene rings is 2. The molecule has 0 saturated carbocycles. The van der Waals surface area contributed by atoms with Crippen LogP contribution in [0.2, 0.25) is 0 Å². The van der Waals surface area contributed by atoms with E-state index in [1.165, 1.54) is 24.3 Å². The maximum Gasteiger partial charge on any atom is 2.00 e. The molecule has 352 valence electrons. The van der Waals surface area contributed by atoms with Crippen molar-refractivity contribution in [2.75, 3.05) is 82.8 Å². The maximum absolute atomic E-state index is 12.3. The number of nitrogens with zero attached hydrogens (tertiary/aromatic N) is 4. The van der Waals surface area contributed by atoms with E-state index in [-0.39, 0.29) is 78.5 Å². The molecule has 4 aromatic rings. The topological polar surface area (TPSA) is 411 Å². The van der Waals surface area contributed by atoms with Gasteiger partial charge in [-0.15, -0.1) is 0 Å². The number of carboxylic acids is 4. The van der Waals surface area contributed by atoms with Gasteiger partial charge in [0.05, 0.1) is 12.1 Å². The number of H-pyrrole nitrogens is 2. The Morgan fingerprint density at radius 2 is 1.01 bits per heavy atom. The van der Waals surface area contributed by atoms with Crippen molar-refractivity contribution in [1.82, 2.24) is 30.6 Å². The van der Waals surface area contributed by atoms with Gasteiger partial charge in [-0.3, -0.25) is 29.1 Å². The predicted molar refractivity (Wildman–Crippen MR) is 236 cm³/mol.